The smallest absolute Gasteiger partial charge is 0.192 e. The molecule has 0 aliphatic rings. The topological polar surface area (TPSA) is 40.0 Å². The molecular formula is C24H41NO3Si. The third kappa shape index (κ3) is 8.17. The van der Waals surface area contributed by atoms with Crippen molar-refractivity contribution in [3.63, 3.8) is 0 Å². The van der Waals surface area contributed by atoms with Gasteiger partial charge in [-0.05, 0) is 36.5 Å². The highest BCUT2D eigenvalue weighted by Gasteiger charge is 2.37. The largest absolute Gasteiger partial charge is 0.414 e. The fraction of sp³-hybridized carbons (Fsp3) is 0.625. The number of hydrogen-bond acceptors (Lipinski definition) is 4. The van der Waals surface area contributed by atoms with E-state index in [0.717, 1.165) is 12.8 Å². The van der Waals surface area contributed by atoms with Gasteiger partial charge in [-0.2, -0.15) is 0 Å². The number of benzene rings is 1. The monoisotopic (exact) mass is 419 g/mol. The molecule has 0 amide bonds. The van der Waals surface area contributed by atoms with E-state index in [9.17, 15) is 0 Å². The van der Waals surface area contributed by atoms with Crippen LogP contribution in [0.25, 0.3) is 0 Å². The molecule has 0 radical (unpaired) electrons. The third-order valence-electron chi connectivity index (χ3n) is 5.88. The van der Waals surface area contributed by atoms with E-state index in [-0.39, 0.29) is 16.5 Å². The zero-order chi connectivity index (χ0) is 22.0. The first kappa shape index (κ1) is 25.8. The van der Waals surface area contributed by atoms with Gasteiger partial charge in [0.2, 0.25) is 0 Å². The van der Waals surface area contributed by atoms with Gasteiger partial charge >= 0.3 is 0 Å². The lowest BCUT2D eigenvalue weighted by Crippen LogP contribution is -2.41. The normalized spacial score (nSPS) is 14.3. The van der Waals surface area contributed by atoms with Gasteiger partial charge in [-0.1, -0.05) is 57.2 Å². The first-order chi connectivity index (χ1) is 13.6. The van der Waals surface area contributed by atoms with Crippen LogP contribution in [0.5, 0.6) is 0 Å². The average Bonchev–Trinajstić information content (AvgIpc) is 2.65. The second-order valence-corrected chi connectivity index (χ2v) is 14.2. The highest BCUT2D eigenvalue weighted by Crippen LogP contribution is 2.37. The average molecular weight is 420 g/mol. The van der Waals surface area contributed by atoms with Crippen LogP contribution < -0.4 is 0 Å². The minimum absolute atomic E-state index is 0.0168. The molecule has 1 aromatic rings. The van der Waals surface area contributed by atoms with E-state index in [0.29, 0.717) is 19.8 Å². The van der Waals surface area contributed by atoms with Crippen LogP contribution in [0.15, 0.2) is 48.0 Å². The Balaban J connectivity index is 3.00. The molecule has 1 atom stereocenters. The summed E-state index contributed by atoms with van der Waals surface area (Å²) >= 11 is 0. The molecule has 0 aromatic heterocycles. The number of rotatable bonds is 13. The quantitative estimate of drug-likeness (QED) is 0.221. The van der Waals surface area contributed by atoms with Crippen LogP contribution >= 0.6 is 0 Å². The first-order valence-corrected chi connectivity index (χ1v) is 13.3. The van der Waals surface area contributed by atoms with Crippen molar-refractivity contribution in [3.8, 4) is 0 Å². The maximum atomic E-state index is 6.50. The molecule has 0 saturated carbocycles. The van der Waals surface area contributed by atoms with Gasteiger partial charge in [-0.25, -0.2) is 0 Å². The van der Waals surface area contributed by atoms with Crippen LogP contribution in [0.4, 0.5) is 0 Å². The predicted molar refractivity (Wildman–Crippen MR) is 126 cm³/mol. The Bertz CT molecular complexity index is 617. The molecule has 0 saturated heterocycles. The summed E-state index contributed by atoms with van der Waals surface area (Å²) in [5, 5.41) is 0.175. The van der Waals surface area contributed by atoms with Crippen molar-refractivity contribution < 1.29 is 13.9 Å². The minimum atomic E-state index is -1.84. The number of nitrogens with zero attached hydrogens (tertiary/aromatic N) is 1. The summed E-state index contributed by atoms with van der Waals surface area (Å²) in [7, 11) is 1.61. The fourth-order valence-corrected chi connectivity index (χ4v) is 4.06. The van der Waals surface area contributed by atoms with E-state index in [2.05, 4.69) is 64.7 Å². The molecule has 4 nitrogen and oxygen atoms in total. The number of hydrogen-bond donors (Lipinski definition) is 0. The summed E-state index contributed by atoms with van der Waals surface area (Å²) in [5.74, 6) is 0. The molecule has 0 N–H and O–H groups in total. The van der Waals surface area contributed by atoms with Gasteiger partial charge in [-0.15, -0.1) is 6.58 Å². The Labute approximate surface area is 179 Å². The summed E-state index contributed by atoms with van der Waals surface area (Å²) < 4.78 is 17.4. The van der Waals surface area contributed by atoms with Crippen molar-refractivity contribution in [2.24, 2.45) is 10.4 Å². The summed E-state index contributed by atoms with van der Waals surface area (Å²) in [6.07, 6.45) is 5.54. The van der Waals surface area contributed by atoms with Crippen LogP contribution in [0.1, 0.15) is 45.2 Å². The van der Waals surface area contributed by atoms with Crippen molar-refractivity contribution in [1.29, 1.82) is 0 Å². The van der Waals surface area contributed by atoms with Crippen molar-refractivity contribution in [2.45, 2.75) is 57.8 Å². The van der Waals surface area contributed by atoms with Gasteiger partial charge in [0, 0.05) is 25.8 Å². The van der Waals surface area contributed by atoms with E-state index in [4.69, 9.17) is 18.9 Å². The first-order valence-electron chi connectivity index (χ1n) is 10.4. The fourth-order valence-electron chi connectivity index (χ4n) is 3.06. The number of methoxy groups -OCH3 is 2. The molecular weight excluding hydrogens is 378 g/mol. The lowest BCUT2D eigenvalue weighted by atomic mass is 9.83. The summed E-state index contributed by atoms with van der Waals surface area (Å²) in [5.41, 5.74) is 1.03. The Morgan fingerprint density at radius 3 is 2.10 bits per heavy atom. The lowest BCUT2D eigenvalue weighted by molar-refractivity contribution is 0.0170. The zero-order valence-electron chi connectivity index (χ0n) is 19.5. The summed E-state index contributed by atoms with van der Waals surface area (Å²) in [6.45, 7) is 17.1. The Kier molecular flexibility index (Phi) is 10.5. The molecule has 164 valence electrons. The molecule has 0 unspecified atom stereocenters. The summed E-state index contributed by atoms with van der Waals surface area (Å²) in [6, 6.07) is 10.4. The Hall–Kier alpha value is -1.27. The molecule has 5 heteroatoms. The minimum Gasteiger partial charge on any atom is -0.414 e. The molecule has 0 aliphatic heterocycles. The van der Waals surface area contributed by atoms with E-state index in [1.807, 2.05) is 18.4 Å². The number of allylic oxidation sites excluding steroid dienone is 1. The van der Waals surface area contributed by atoms with E-state index >= 15 is 0 Å². The van der Waals surface area contributed by atoms with Crippen LogP contribution in [0, 0.1) is 5.41 Å². The van der Waals surface area contributed by atoms with E-state index < -0.39 is 8.32 Å². The predicted octanol–water partition coefficient (Wildman–Crippen LogP) is 6.07. The Morgan fingerprint density at radius 1 is 1.03 bits per heavy atom. The summed E-state index contributed by atoms with van der Waals surface area (Å²) in [4.78, 5) is 4.94. The van der Waals surface area contributed by atoms with Crippen molar-refractivity contribution in [3.05, 3.63) is 48.6 Å². The molecule has 0 bridgehead atoms. The molecule has 1 aromatic carbocycles. The third-order valence-corrected chi connectivity index (χ3v) is 10.4. The van der Waals surface area contributed by atoms with E-state index in [1.165, 1.54) is 5.56 Å². The molecule has 0 spiro atoms. The Morgan fingerprint density at radius 2 is 1.62 bits per heavy atom. The molecule has 0 heterocycles. The van der Waals surface area contributed by atoms with Crippen LogP contribution in [0.3, 0.4) is 0 Å². The van der Waals surface area contributed by atoms with Crippen molar-refractivity contribution >= 4 is 14.5 Å². The van der Waals surface area contributed by atoms with Crippen LogP contribution in [-0.2, 0) is 13.9 Å². The molecule has 1 rings (SSSR count). The molecule has 0 fully saturated rings. The van der Waals surface area contributed by atoms with Crippen molar-refractivity contribution in [1.82, 2.24) is 0 Å². The van der Waals surface area contributed by atoms with Crippen molar-refractivity contribution in [2.75, 3.05) is 34.0 Å². The highest BCUT2D eigenvalue weighted by atomic mass is 28.4. The van der Waals surface area contributed by atoms with E-state index in [1.54, 1.807) is 14.2 Å². The van der Waals surface area contributed by atoms with Crippen LogP contribution in [0.2, 0.25) is 18.1 Å². The van der Waals surface area contributed by atoms with Gasteiger partial charge in [0.1, 0.15) is 0 Å². The van der Waals surface area contributed by atoms with Gasteiger partial charge in [0.25, 0.3) is 0 Å². The number of aliphatic imine (C=N–C) groups is 1. The van der Waals surface area contributed by atoms with Crippen LogP contribution in [-0.4, -0.2) is 48.6 Å². The standard InChI is InChI=1S/C24H41NO3Si/c1-9-15-24(19-26-5,20-27-6)16-17-25-22(21-13-11-10-12-14-21)18-28-29(7,8)23(2,3)4/h9-14,17,22H,1,15-16,18-20H2,2-8H3/t22-/m0/s1. The SMILES string of the molecule is C=CCC(CC=N[C@@H](CO[Si](C)(C)C(C)(C)C)c1ccccc1)(COC)COC. The van der Waals surface area contributed by atoms with Gasteiger partial charge in [0.15, 0.2) is 8.32 Å². The van der Waals surface area contributed by atoms with Gasteiger partial charge < -0.3 is 13.9 Å². The lowest BCUT2D eigenvalue weighted by Gasteiger charge is -2.37. The molecule has 0 aliphatic carbocycles. The van der Waals surface area contributed by atoms with Gasteiger partial charge in [0.05, 0.1) is 25.9 Å². The molecule has 29 heavy (non-hydrogen) atoms. The second kappa shape index (κ2) is 11.8. The second-order valence-electron chi connectivity index (χ2n) is 9.39. The highest BCUT2D eigenvalue weighted by molar-refractivity contribution is 6.74. The maximum absolute atomic E-state index is 6.50. The zero-order valence-corrected chi connectivity index (χ0v) is 20.5. The maximum Gasteiger partial charge on any atom is 0.192 e. The number of ether oxygens (including phenoxy) is 2. The van der Waals surface area contributed by atoms with Gasteiger partial charge in [-0.3, -0.25) is 4.99 Å².